The molecule has 4 heteroatoms. The summed E-state index contributed by atoms with van der Waals surface area (Å²) in [4.78, 5) is 18.1. The summed E-state index contributed by atoms with van der Waals surface area (Å²) in [5.74, 6) is 0.727. The van der Waals surface area contributed by atoms with Crippen molar-refractivity contribution in [2.75, 3.05) is 11.4 Å². The molecule has 0 saturated carbocycles. The van der Waals surface area contributed by atoms with Crippen molar-refractivity contribution in [3.05, 3.63) is 22.9 Å². The molecule has 0 spiro atoms. The normalized spacial score (nSPS) is 21.9. The van der Waals surface area contributed by atoms with Crippen molar-refractivity contribution in [3.63, 3.8) is 0 Å². The number of carbonyl (C=O) groups excluding carboxylic acids is 1. The smallest absolute Gasteiger partial charge is 0.147 e. The third-order valence-electron chi connectivity index (χ3n) is 4.38. The summed E-state index contributed by atoms with van der Waals surface area (Å²) < 4.78 is 0. The van der Waals surface area contributed by atoms with Crippen molar-refractivity contribution in [2.45, 2.75) is 51.0 Å². The zero-order valence-electron chi connectivity index (χ0n) is 11.6. The van der Waals surface area contributed by atoms with Gasteiger partial charge in [-0.3, -0.25) is 0 Å². The average molecular weight is 269 g/mol. The molecule has 0 radical (unpaired) electrons. The van der Waals surface area contributed by atoms with E-state index in [2.05, 4.69) is 6.07 Å². The molecule has 1 aromatic rings. The van der Waals surface area contributed by atoms with Crippen molar-refractivity contribution in [3.8, 4) is 6.07 Å². The first-order valence-corrected chi connectivity index (χ1v) is 7.48. The molecule has 0 aromatic carbocycles. The molecule has 1 saturated heterocycles. The molecule has 1 aliphatic carbocycles. The van der Waals surface area contributed by atoms with Crippen LogP contribution in [-0.4, -0.2) is 23.9 Å². The summed E-state index contributed by atoms with van der Waals surface area (Å²) in [5.41, 5.74) is 2.97. The van der Waals surface area contributed by atoms with Gasteiger partial charge in [-0.15, -0.1) is 0 Å². The van der Waals surface area contributed by atoms with Crippen LogP contribution in [0.3, 0.4) is 0 Å². The average Bonchev–Trinajstić information content (AvgIpc) is 2.53. The lowest BCUT2D eigenvalue weighted by Crippen LogP contribution is -2.41. The molecule has 3 rings (SSSR count). The monoisotopic (exact) mass is 269 g/mol. The summed E-state index contributed by atoms with van der Waals surface area (Å²) in [5, 5.41) is 9.40. The van der Waals surface area contributed by atoms with Gasteiger partial charge in [-0.1, -0.05) is 0 Å². The number of piperidine rings is 1. The van der Waals surface area contributed by atoms with E-state index < -0.39 is 0 Å². The van der Waals surface area contributed by atoms with E-state index in [-0.39, 0.29) is 6.04 Å². The molecular formula is C16H19N3O. The third-order valence-corrected chi connectivity index (χ3v) is 4.38. The standard InChI is InChI=1S/C16H19N3O/c17-10-13-9-12-5-1-2-7-15(12)18-16(13)19-8-4-3-6-14(19)11-20/h9,11,14H,1-8H2. The number of anilines is 1. The number of hydrogen-bond acceptors (Lipinski definition) is 4. The summed E-state index contributed by atoms with van der Waals surface area (Å²) in [6, 6.07) is 4.14. The number of carbonyl (C=O) groups is 1. The van der Waals surface area contributed by atoms with Crippen molar-refractivity contribution >= 4 is 12.1 Å². The highest BCUT2D eigenvalue weighted by molar-refractivity contribution is 5.68. The van der Waals surface area contributed by atoms with Gasteiger partial charge in [-0.25, -0.2) is 4.98 Å². The molecule has 2 aliphatic rings. The molecule has 1 aliphatic heterocycles. The Morgan fingerprint density at radius 1 is 1.30 bits per heavy atom. The minimum Gasteiger partial charge on any atom is -0.346 e. The maximum atomic E-state index is 11.3. The van der Waals surface area contributed by atoms with Crippen LogP contribution in [0, 0.1) is 11.3 Å². The van der Waals surface area contributed by atoms with E-state index in [4.69, 9.17) is 4.98 Å². The fourth-order valence-electron chi connectivity index (χ4n) is 3.29. The molecular weight excluding hydrogens is 250 g/mol. The van der Waals surface area contributed by atoms with E-state index in [0.717, 1.165) is 56.4 Å². The Kier molecular flexibility index (Phi) is 3.68. The maximum Gasteiger partial charge on any atom is 0.147 e. The van der Waals surface area contributed by atoms with Crippen LogP contribution in [0.25, 0.3) is 0 Å². The van der Waals surface area contributed by atoms with E-state index in [0.29, 0.717) is 5.56 Å². The lowest BCUT2D eigenvalue weighted by atomic mass is 9.94. The van der Waals surface area contributed by atoms with Crippen LogP contribution < -0.4 is 4.90 Å². The number of aryl methyl sites for hydroxylation is 2. The SMILES string of the molecule is N#Cc1cc2c(nc1N1CCCCC1C=O)CCCC2. The first-order valence-electron chi connectivity index (χ1n) is 7.48. The summed E-state index contributed by atoms with van der Waals surface area (Å²) in [7, 11) is 0. The van der Waals surface area contributed by atoms with Crippen LogP contribution >= 0.6 is 0 Å². The van der Waals surface area contributed by atoms with Crippen LogP contribution in [0.15, 0.2) is 6.07 Å². The van der Waals surface area contributed by atoms with E-state index in [1.54, 1.807) is 0 Å². The highest BCUT2D eigenvalue weighted by Gasteiger charge is 2.26. The molecule has 1 atom stereocenters. The van der Waals surface area contributed by atoms with E-state index in [1.165, 1.54) is 18.4 Å². The van der Waals surface area contributed by atoms with Crippen LogP contribution in [0.5, 0.6) is 0 Å². The Hall–Kier alpha value is -1.89. The second-order valence-electron chi connectivity index (χ2n) is 5.68. The van der Waals surface area contributed by atoms with Gasteiger partial charge in [0.2, 0.25) is 0 Å². The van der Waals surface area contributed by atoms with Crippen LogP contribution in [-0.2, 0) is 17.6 Å². The first-order chi connectivity index (χ1) is 9.83. The van der Waals surface area contributed by atoms with E-state index in [9.17, 15) is 10.1 Å². The highest BCUT2D eigenvalue weighted by Crippen LogP contribution is 2.29. The van der Waals surface area contributed by atoms with Gasteiger partial charge in [0.25, 0.3) is 0 Å². The number of fused-ring (bicyclic) bond motifs is 1. The number of aldehydes is 1. The Bertz CT molecular complexity index is 562. The quantitative estimate of drug-likeness (QED) is 0.774. The van der Waals surface area contributed by atoms with Gasteiger partial charge in [-0.2, -0.15) is 5.26 Å². The Morgan fingerprint density at radius 3 is 2.95 bits per heavy atom. The van der Waals surface area contributed by atoms with Gasteiger partial charge >= 0.3 is 0 Å². The van der Waals surface area contributed by atoms with Crippen molar-refractivity contribution in [1.29, 1.82) is 5.26 Å². The number of pyridine rings is 1. The van der Waals surface area contributed by atoms with Gasteiger partial charge in [0.1, 0.15) is 18.2 Å². The molecule has 20 heavy (non-hydrogen) atoms. The van der Waals surface area contributed by atoms with Crippen LogP contribution in [0.4, 0.5) is 5.82 Å². The molecule has 0 N–H and O–H groups in total. The fraction of sp³-hybridized carbons (Fsp3) is 0.562. The molecule has 2 heterocycles. The third kappa shape index (κ3) is 2.29. The summed E-state index contributed by atoms with van der Waals surface area (Å²) in [6.07, 6.45) is 8.37. The lowest BCUT2D eigenvalue weighted by molar-refractivity contribution is -0.109. The zero-order chi connectivity index (χ0) is 13.9. The number of aromatic nitrogens is 1. The van der Waals surface area contributed by atoms with Gasteiger partial charge in [-0.05, 0) is 56.6 Å². The maximum absolute atomic E-state index is 11.3. The summed E-state index contributed by atoms with van der Waals surface area (Å²) in [6.45, 7) is 0.823. The van der Waals surface area contributed by atoms with Crippen LogP contribution in [0.2, 0.25) is 0 Å². The van der Waals surface area contributed by atoms with Gasteiger partial charge < -0.3 is 9.69 Å². The number of rotatable bonds is 2. The topological polar surface area (TPSA) is 57.0 Å². The second-order valence-corrected chi connectivity index (χ2v) is 5.68. The minimum atomic E-state index is -0.120. The zero-order valence-corrected chi connectivity index (χ0v) is 11.6. The Morgan fingerprint density at radius 2 is 2.15 bits per heavy atom. The first kappa shape index (κ1) is 13.1. The largest absolute Gasteiger partial charge is 0.346 e. The Balaban J connectivity index is 2.03. The molecule has 4 nitrogen and oxygen atoms in total. The fourth-order valence-corrected chi connectivity index (χ4v) is 3.29. The molecule has 1 aromatic heterocycles. The van der Waals surface area contributed by atoms with Crippen molar-refractivity contribution < 1.29 is 4.79 Å². The van der Waals surface area contributed by atoms with Crippen molar-refractivity contribution in [2.24, 2.45) is 0 Å². The van der Waals surface area contributed by atoms with Gasteiger partial charge in [0.05, 0.1) is 11.6 Å². The number of hydrogen-bond donors (Lipinski definition) is 0. The Labute approximate surface area is 119 Å². The minimum absolute atomic E-state index is 0.120. The molecule has 0 amide bonds. The van der Waals surface area contributed by atoms with Crippen molar-refractivity contribution in [1.82, 2.24) is 4.98 Å². The molecule has 0 bridgehead atoms. The predicted octanol–water partition coefficient (Wildman–Crippen LogP) is 2.39. The highest BCUT2D eigenvalue weighted by atomic mass is 16.1. The van der Waals surface area contributed by atoms with Crippen LogP contribution in [0.1, 0.15) is 48.9 Å². The van der Waals surface area contributed by atoms with E-state index >= 15 is 0 Å². The van der Waals surface area contributed by atoms with E-state index in [1.807, 2.05) is 11.0 Å². The lowest BCUT2D eigenvalue weighted by Gasteiger charge is -2.34. The predicted molar refractivity (Wildman–Crippen MR) is 76.6 cm³/mol. The van der Waals surface area contributed by atoms with Gasteiger partial charge in [0.15, 0.2) is 0 Å². The number of nitrogens with zero attached hydrogens (tertiary/aromatic N) is 3. The molecule has 104 valence electrons. The molecule has 1 unspecified atom stereocenters. The molecule has 1 fully saturated rings. The summed E-state index contributed by atoms with van der Waals surface area (Å²) >= 11 is 0. The second kappa shape index (κ2) is 5.62. The van der Waals surface area contributed by atoms with Gasteiger partial charge in [0, 0.05) is 12.2 Å². The number of nitriles is 1.